The zero-order valence-corrected chi connectivity index (χ0v) is 12.8. The lowest BCUT2D eigenvalue weighted by atomic mass is 10.2. The molecule has 0 aliphatic heterocycles. The second kappa shape index (κ2) is 6.72. The van der Waals surface area contributed by atoms with Gasteiger partial charge in [-0.1, -0.05) is 11.6 Å². The fraction of sp³-hybridized carbons (Fsp3) is 0.143. The Balaban J connectivity index is 2.54. The zero-order valence-electron chi connectivity index (χ0n) is 12.0. The molecule has 0 saturated heterocycles. The number of ether oxygens (including phenoxy) is 1. The summed E-state index contributed by atoms with van der Waals surface area (Å²) in [6, 6.07) is 2.54. The summed E-state index contributed by atoms with van der Waals surface area (Å²) in [6.07, 6.45) is -0.556. The smallest absolute Gasteiger partial charge is 0.417 e. The summed E-state index contributed by atoms with van der Waals surface area (Å²) in [5, 5.41) is 12.6. The molecule has 0 aromatic carbocycles. The van der Waals surface area contributed by atoms with Crippen LogP contribution in [0.15, 0.2) is 24.5 Å². The number of nitriles is 1. The maximum atomic E-state index is 12.7. The van der Waals surface area contributed by atoms with Gasteiger partial charge in [0.1, 0.15) is 6.07 Å². The van der Waals surface area contributed by atoms with Crippen molar-refractivity contribution in [2.75, 3.05) is 7.11 Å². The first-order valence-corrected chi connectivity index (χ1v) is 6.63. The zero-order chi connectivity index (χ0) is 17.9. The largest absolute Gasteiger partial charge is 0.466 e. The number of pyridine rings is 1. The van der Waals surface area contributed by atoms with Crippen LogP contribution in [0.5, 0.6) is 0 Å². The number of alkyl halides is 3. The highest BCUT2D eigenvalue weighted by molar-refractivity contribution is 6.32. The van der Waals surface area contributed by atoms with Crippen molar-refractivity contribution in [3.63, 3.8) is 0 Å². The first-order valence-electron chi connectivity index (χ1n) is 6.25. The summed E-state index contributed by atoms with van der Waals surface area (Å²) in [5.74, 6) is -0.797. The van der Waals surface area contributed by atoms with Crippen LogP contribution in [0.4, 0.5) is 13.2 Å². The Hall–Kier alpha value is -2.86. The molecule has 0 unspecified atom stereocenters. The molecule has 24 heavy (non-hydrogen) atoms. The Morgan fingerprint density at radius 3 is 2.71 bits per heavy atom. The molecular formula is C14H8ClF3N4O2. The minimum atomic E-state index is -4.59. The molecule has 0 amide bonds. The molecule has 6 nitrogen and oxygen atoms in total. The quantitative estimate of drug-likeness (QED) is 0.624. The Labute approximate surface area is 138 Å². The summed E-state index contributed by atoms with van der Waals surface area (Å²) in [6.45, 7) is 0. The SMILES string of the molecule is COC(=O)/C=C/c1c(C#N)cnn1-c1ncc(C(F)(F)F)cc1Cl. The van der Waals surface area contributed by atoms with Crippen molar-refractivity contribution >= 4 is 23.6 Å². The second-order valence-corrected chi connectivity index (χ2v) is 4.76. The van der Waals surface area contributed by atoms with E-state index in [1.165, 1.54) is 19.4 Å². The standard InChI is InChI=1S/C14H8ClF3N4O2/c1-24-12(23)3-2-11-8(5-19)6-21-22(11)13-10(15)4-9(7-20-13)14(16,17)18/h2-4,6-7H,1H3/b3-2+. The monoisotopic (exact) mass is 356 g/mol. The Kier molecular flexibility index (Phi) is 4.90. The van der Waals surface area contributed by atoms with Gasteiger partial charge in [0.25, 0.3) is 0 Å². The van der Waals surface area contributed by atoms with Crippen molar-refractivity contribution < 1.29 is 22.7 Å². The molecule has 2 heterocycles. The third-order valence-electron chi connectivity index (χ3n) is 2.86. The van der Waals surface area contributed by atoms with Crippen molar-refractivity contribution in [3.05, 3.63) is 46.4 Å². The molecule has 0 fully saturated rings. The van der Waals surface area contributed by atoms with Gasteiger partial charge in [-0.05, 0) is 12.1 Å². The molecule has 124 valence electrons. The molecule has 0 saturated carbocycles. The van der Waals surface area contributed by atoms with Gasteiger partial charge in [0.05, 0.1) is 35.2 Å². The normalized spacial score (nSPS) is 11.5. The number of carbonyl (C=O) groups excluding carboxylic acids is 1. The van der Waals surface area contributed by atoms with E-state index in [0.717, 1.165) is 10.8 Å². The number of carbonyl (C=O) groups is 1. The number of hydrogen-bond acceptors (Lipinski definition) is 5. The number of halogens is 4. The van der Waals surface area contributed by atoms with E-state index in [1.54, 1.807) is 0 Å². The van der Waals surface area contributed by atoms with Crippen molar-refractivity contribution in [1.29, 1.82) is 5.26 Å². The third kappa shape index (κ3) is 3.55. The van der Waals surface area contributed by atoms with E-state index < -0.39 is 17.7 Å². The van der Waals surface area contributed by atoms with Crippen LogP contribution in [0.2, 0.25) is 5.02 Å². The van der Waals surface area contributed by atoms with Crippen molar-refractivity contribution in [1.82, 2.24) is 14.8 Å². The lowest BCUT2D eigenvalue weighted by molar-refractivity contribution is -0.138. The predicted octanol–water partition coefficient (Wildman–Crippen LogP) is 3.00. The number of nitrogens with zero attached hydrogens (tertiary/aromatic N) is 4. The molecule has 0 spiro atoms. The Morgan fingerprint density at radius 2 is 2.17 bits per heavy atom. The number of methoxy groups -OCH3 is 1. The van der Waals surface area contributed by atoms with Gasteiger partial charge in [0, 0.05) is 12.3 Å². The minimum absolute atomic E-state index is 0.0768. The van der Waals surface area contributed by atoms with Gasteiger partial charge in [-0.2, -0.15) is 23.5 Å². The molecule has 0 aliphatic carbocycles. The van der Waals surface area contributed by atoms with Crippen LogP contribution in [-0.2, 0) is 15.7 Å². The van der Waals surface area contributed by atoms with Gasteiger partial charge in [-0.3, -0.25) is 0 Å². The minimum Gasteiger partial charge on any atom is -0.466 e. The van der Waals surface area contributed by atoms with E-state index in [9.17, 15) is 18.0 Å². The lowest BCUT2D eigenvalue weighted by Gasteiger charge is -2.10. The van der Waals surface area contributed by atoms with Crippen LogP contribution in [0.25, 0.3) is 11.9 Å². The summed E-state index contributed by atoms with van der Waals surface area (Å²) in [7, 11) is 1.17. The van der Waals surface area contributed by atoms with Crippen LogP contribution in [-0.4, -0.2) is 27.8 Å². The van der Waals surface area contributed by atoms with Gasteiger partial charge in [0.15, 0.2) is 5.82 Å². The van der Waals surface area contributed by atoms with Crippen LogP contribution in [0, 0.1) is 11.3 Å². The molecule has 2 aromatic rings. The van der Waals surface area contributed by atoms with Gasteiger partial charge in [-0.15, -0.1) is 0 Å². The first kappa shape index (κ1) is 17.5. The van der Waals surface area contributed by atoms with Crippen LogP contribution >= 0.6 is 11.6 Å². The van der Waals surface area contributed by atoms with Crippen molar-refractivity contribution in [2.45, 2.75) is 6.18 Å². The average molecular weight is 357 g/mol. The second-order valence-electron chi connectivity index (χ2n) is 4.35. The van der Waals surface area contributed by atoms with E-state index in [1.807, 2.05) is 6.07 Å². The number of hydrogen-bond donors (Lipinski definition) is 0. The van der Waals surface area contributed by atoms with E-state index in [2.05, 4.69) is 14.8 Å². The lowest BCUT2D eigenvalue weighted by Crippen LogP contribution is -2.09. The molecule has 2 rings (SSSR count). The maximum absolute atomic E-state index is 12.7. The fourth-order valence-electron chi connectivity index (χ4n) is 1.73. The van der Waals surface area contributed by atoms with Crippen molar-refractivity contribution in [2.24, 2.45) is 0 Å². The molecule has 0 atom stereocenters. The molecule has 0 N–H and O–H groups in total. The van der Waals surface area contributed by atoms with Crippen LogP contribution in [0.3, 0.4) is 0 Å². The summed E-state index contributed by atoms with van der Waals surface area (Å²) >= 11 is 5.86. The maximum Gasteiger partial charge on any atom is 0.417 e. The van der Waals surface area contributed by atoms with E-state index >= 15 is 0 Å². The van der Waals surface area contributed by atoms with E-state index in [-0.39, 0.29) is 22.1 Å². The fourth-order valence-corrected chi connectivity index (χ4v) is 1.98. The van der Waals surface area contributed by atoms with E-state index in [0.29, 0.717) is 12.3 Å². The summed E-state index contributed by atoms with van der Waals surface area (Å²) < 4.78 is 43.5. The summed E-state index contributed by atoms with van der Waals surface area (Å²) in [5.41, 5.74) is -0.819. The molecule has 0 radical (unpaired) electrons. The molecule has 0 bridgehead atoms. The van der Waals surface area contributed by atoms with Gasteiger partial charge >= 0.3 is 12.1 Å². The van der Waals surface area contributed by atoms with Gasteiger partial charge < -0.3 is 4.74 Å². The first-order chi connectivity index (χ1) is 11.3. The average Bonchev–Trinajstić information content (AvgIpc) is 2.94. The topological polar surface area (TPSA) is 80.8 Å². The molecule has 0 aliphatic rings. The highest BCUT2D eigenvalue weighted by Crippen LogP contribution is 2.32. The highest BCUT2D eigenvalue weighted by atomic mass is 35.5. The van der Waals surface area contributed by atoms with Crippen LogP contribution in [0.1, 0.15) is 16.8 Å². The molecular weight excluding hydrogens is 349 g/mol. The summed E-state index contributed by atoms with van der Waals surface area (Å²) in [4.78, 5) is 14.8. The molecule has 2 aromatic heterocycles. The number of rotatable bonds is 3. The van der Waals surface area contributed by atoms with Gasteiger partial charge in [0.2, 0.25) is 0 Å². The predicted molar refractivity (Wildman–Crippen MR) is 77.1 cm³/mol. The number of aromatic nitrogens is 3. The highest BCUT2D eigenvalue weighted by Gasteiger charge is 2.32. The van der Waals surface area contributed by atoms with Crippen molar-refractivity contribution in [3.8, 4) is 11.9 Å². The molecule has 10 heteroatoms. The number of esters is 1. The Bertz CT molecular complexity index is 853. The van der Waals surface area contributed by atoms with Gasteiger partial charge in [-0.25, -0.2) is 14.5 Å². The van der Waals surface area contributed by atoms with E-state index in [4.69, 9.17) is 16.9 Å². The Morgan fingerprint density at radius 1 is 1.46 bits per heavy atom. The third-order valence-corrected chi connectivity index (χ3v) is 3.13. The van der Waals surface area contributed by atoms with Crippen LogP contribution < -0.4 is 0 Å².